The summed E-state index contributed by atoms with van der Waals surface area (Å²) in [7, 11) is 0. The molecule has 0 amide bonds. The van der Waals surface area contributed by atoms with Gasteiger partial charge < -0.3 is 23.7 Å². The van der Waals surface area contributed by atoms with Crippen molar-refractivity contribution in [3.8, 4) is 0 Å². The second-order valence-electron chi connectivity index (χ2n) is 10.6. The van der Waals surface area contributed by atoms with Gasteiger partial charge in [0.25, 0.3) is 0 Å². The maximum absolute atomic E-state index is 12.8. The van der Waals surface area contributed by atoms with Crippen LogP contribution in [-0.4, -0.2) is 43.3 Å². The molecular weight excluding hydrogens is 448 g/mol. The Hall–Kier alpha value is -2.90. The Labute approximate surface area is 205 Å². The van der Waals surface area contributed by atoms with Gasteiger partial charge in [0.1, 0.15) is 18.8 Å². The normalized spacial score (nSPS) is 28.3. The highest BCUT2D eigenvalue weighted by molar-refractivity contribution is 5.89. The lowest BCUT2D eigenvalue weighted by molar-refractivity contribution is -0.298. The van der Waals surface area contributed by atoms with Gasteiger partial charge in [-0.1, -0.05) is 62.4 Å². The number of esters is 1. The standard InChI is InChI=1S/C28H32O7/c1-27(2)17-32-28(33-18-27)14-21-13-23(34-25(29)20-11-7-4-8-12-20)24(22(21)15-28)35-26(30)31-16-19-9-5-3-6-10-19/h3-12,21-24H,13-18H2,1-2H3/t21-,22+,23+,24+/m0/s1. The molecular formula is C28H32O7. The van der Waals surface area contributed by atoms with E-state index in [2.05, 4.69) is 13.8 Å². The van der Waals surface area contributed by atoms with Gasteiger partial charge in [-0.3, -0.25) is 0 Å². The van der Waals surface area contributed by atoms with Gasteiger partial charge in [0, 0.05) is 24.2 Å². The molecule has 7 nitrogen and oxygen atoms in total. The summed E-state index contributed by atoms with van der Waals surface area (Å²) in [4.78, 5) is 25.5. The van der Waals surface area contributed by atoms with E-state index >= 15 is 0 Å². The summed E-state index contributed by atoms with van der Waals surface area (Å²) in [6, 6.07) is 18.3. The van der Waals surface area contributed by atoms with E-state index in [1.165, 1.54) is 0 Å². The molecule has 1 aliphatic heterocycles. The molecule has 3 fully saturated rings. The van der Waals surface area contributed by atoms with Crippen LogP contribution in [0.3, 0.4) is 0 Å². The lowest BCUT2D eigenvalue weighted by Gasteiger charge is -2.42. The van der Waals surface area contributed by atoms with E-state index in [1.807, 2.05) is 36.4 Å². The number of benzene rings is 2. The van der Waals surface area contributed by atoms with E-state index in [0.29, 0.717) is 38.0 Å². The molecule has 5 rings (SSSR count). The van der Waals surface area contributed by atoms with Crippen LogP contribution in [0.2, 0.25) is 0 Å². The van der Waals surface area contributed by atoms with Crippen molar-refractivity contribution in [3.63, 3.8) is 0 Å². The van der Waals surface area contributed by atoms with Crippen LogP contribution in [0.4, 0.5) is 4.79 Å². The molecule has 186 valence electrons. The third kappa shape index (κ3) is 5.36. The molecule has 1 heterocycles. The Morgan fingerprint density at radius 2 is 1.57 bits per heavy atom. The molecule has 0 unspecified atom stereocenters. The molecule has 4 atom stereocenters. The zero-order valence-electron chi connectivity index (χ0n) is 20.2. The van der Waals surface area contributed by atoms with E-state index in [-0.39, 0.29) is 23.9 Å². The predicted molar refractivity (Wildman–Crippen MR) is 126 cm³/mol. The van der Waals surface area contributed by atoms with E-state index in [0.717, 1.165) is 5.56 Å². The summed E-state index contributed by atoms with van der Waals surface area (Å²) >= 11 is 0. The summed E-state index contributed by atoms with van der Waals surface area (Å²) in [6.45, 7) is 5.57. The topological polar surface area (TPSA) is 80.3 Å². The van der Waals surface area contributed by atoms with Crippen LogP contribution >= 0.6 is 0 Å². The summed E-state index contributed by atoms with van der Waals surface area (Å²) in [5, 5.41) is 0. The fourth-order valence-corrected chi connectivity index (χ4v) is 5.40. The monoisotopic (exact) mass is 480 g/mol. The summed E-state index contributed by atoms with van der Waals surface area (Å²) in [5.74, 6) is -0.997. The molecule has 2 saturated carbocycles. The average molecular weight is 481 g/mol. The van der Waals surface area contributed by atoms with Crippen molar-refractivity contribution >= 4 is 12.1 Å². The molecule has 0 radical (unpaired) electrons. The number of carbonyl (C=O) groups is 2. The molecule has 2 aromatic carbocycles. The zero-order valence-corrected chi connectivity index (χ0v) is 20.2. The Morgan fingerprint density at radius 3 is 2.26 bits per heavy atom. The van der Waals surface area contributed by atoms with Gasteiger partial charge in [0.2, 0.25) is 0 Å². The second-order valence-corrected chi connectivity index (χ2v) is 10.6. The van der Waals surface area contributed by atoms with Gasteiger partial charge in [-0.05, 0) is 30.0 Å². The quantitative estimate of drug-likeness (QED) is 0.549. The third-order valence-electron chi connectivity index (χ3n) is 7.20. The fourth-order valence-electron chi connectivity index (χ4n) is 5.40. The van der Waals surface area contributed by atoms with Crippen molar-refractivity contribution in [1.82, 2.24) is 0 Å². The Bertz CT molecular complexity index is 1030. The van der Waals surface area contributed by atoms with Crippen molar-refractivity contribution in [2.75, 3.05) is 13.2 Å². The van der Waals surface area contributed by atoms with E-state index < -0.39 is 30.1 Å². The Kier molecular flexibility index (Phi) is 6.55. The van der Waals surface area contributed by atoms with Crippen LogP contribution < -0.4 is 0 Å². The van der Waals surface area contributed by atoms with E-state index in [1.54, 1.807) is 24.3 Å². The van der Waals surface area contributed by atoms with Crippen molar-refractivity contribution < 1.29 is 33.3 Å². The van der Waals surface area contributed by atoms with Crippen LogP contribution in [0.25, 0.3) is 0 Å². The molecule has 2 aromatic rings. The van der Waals surface area contributed by atoms with Gasteiger partial charge in [-0.25, -0.2) is 9.59 Å². The van der Waals surface area contributed by atoms with Gasteiger partial charge in [0.05, 0.1) is 18.8 Å². The number of hydrogen-bond acceptors (Lipinski definition) is 7. The summed E-state index contributed by atoms with van der Waals surface area (Å²) in [6.07, 6.45) is -0.0993. The molecule has 0 bridgehead atoms. The van der Waals surface area contributed by atoms with E-state index in [4.69, 9.17) is 23.7 Å². The van der Waals surface area contributed by atoms with Crippen LogP contribution in [0.1, 0.15) is 49.0 Å². The van der Waals surface area contributed by atoms with Crippen molar-refractivity contribution in [1.29, 1.82) is 0 Å². The molecule has 3 aliphatic rings. The SMILES string of the molecule is CC1(C)COC2(C[C@@H]3C[C@@H](OC(=O)c4ccccc4)[C@H](OC(=O)OCc4ccccc4)[C@@H]3C2)OC1. The minimum Gasteiger partial charge on any atom is -0.455 e. The minimum absolute atomic E-state index is 0.0339. The molecule has 1 spiro atoms. The highest BCUT2D eigenvalue weighted by Crippen LogP contribution is 2.54. The fraction of sp³-hybridized carbons (Fsp3) is 0.500. The van der Waals surface area contributed by atoms with Gasteiger partial charge >= 0.3 is 12.1 Å². The molecule has 0 aromatic heterocycles. The number of fused-ring (bicyclic) bond motifs is 1. The summed E-state index contributed by atoms with van der Waals surface area (Å²) in [5.41, 5.74) is 1.30. The smallest absolute Gasteiger partial charge is 0.455 e. The lowest BCUT2D eigenvalue weighted by Crippen LogP contribution is -2.47. The molecule has 2 aliphatic carbocycles. The first-order chi connectivity index (χ1) is 16.8. The van der Waals surface area contributed by atoms with Crippen molar-refractivity contribution in [2.24, 2.45) is 17.3 Å². The molecule has 7 heteroatoms. The number of carbonyl (C=O) groups excluding carboxylic acids is 2. The predicted octanol–water partition coefficient (Wildman–Crippen LogP) is 5.13. The number of hydrogen-bond donors (Lipinski definition) is 0. The second kappa shape index (κ2) is 9.63. The largest absolute Gasteiger partial charge is 0.509 e. The first-order valence-electron chi connectivity index (χ1n) is 12.2. The average Bonchev–Trinajstić information content (AvgIpc) is 3.36. The van der Waals surface area contributed by atoms with Gasteiger partial charge in [-0.15, -0.1) is 0 Å². The third-order valence-corrected chi connectivity index (χ3v) is 7.20. The maximum atomic E-state index is 12.8. The lowest BCUT2D eigenvalue weighted by atomic mass is 9.94. The van der Waals surface area contributed by atoms with Crippen molar-refractivity contribution in [3.05, 3.63) is 71.8 Å². The first kappa shape index (κ1) is 23.8. The number of ether oxygens (including phenoxy) is 5. The van der Waals surface area contributed by atoms with Crippen LogP contribution in [0.5, 0.6) is 0 Å². The van der Waals surface area contributed by atoms with Gasteiger partial charge in [0.15, 0.2) is 5.79 Å². The minimum atomic E-state index is -0.771. The molecule has 1 saturated heterocycles. The van der Waals surface area contributed by atoms with E-state index in [9.17, 15) is 9.59 Å². The Balaban J connectivity index is 1.28. The van der Waals surface area contributed by atoms with Gasteiger partial charge in [-0.2, -0.15) is 0 Å². The van der Waals surface area contributed by atoms with Crippen LogP contribution in [0.15, 0.2) is 60.7 Å². The highest BCUT2D eigenvalue weighted by atomic mass is 16.7. The summed E-state index contributed by atoms with van der Waals surface area (Å²) < 4.78 is 29.5. The highest BCUT2D eigenvalue weighted by Gasteiger charge is 2.59. The maximum Gasteiger partial charge on any atom is 0.509 e. The van der Waals surface area contributed by atoms with Crippen molar-refractivity contribution in [2.45, 2.75) is 57.7 Å². The molecule has 0 N–H and O–H groups in total. The first-order valence-corrected chi connectivity index (χ1v) is 12.2. The van der Waals surface area contributed by atoms with Crippen LogP contribution in [-0.2, 0) is 30.3 Å². The van der Waals surface area contributed by atoms with Crippen LogP contribution in [0, 0.1) is 17.3 Å². The zero-order chi connectivity index (χ0) is 24.5. The molecule has 35 heavy (non-hydrogen) atoms. The Morgan fingerprint density at radius 1 is 0.914 bits per heavy atom. The number of rotatable bonds is 5.